The first-order chi connectivity index (χ1) is 13.2. The maximum absolute atomic E-state index is 14.7. The van der Waals surface area contributed by atoms with E-state index in [-0.39, 0.29) is 0 Å². The van der Waals surface area contributed by atoms with Gasteiger partial charge in [0.2, 0.25) is 7.29 Å². The van der Waals surface area contributed by atoms with Crippen LogP contribution < -0.4 is 15.3 Å². The number of hydrogen-bond donors (Lipinski definition) is 0. The van der Waals surface area contributed by atoms with Gasteiger partial charge in [-0.25, -0.2) is 0 Å². The van der Waals surface area contributed by atoms with E-state index in [4.69, 9.17) is 0 Å². The summed E-state index contributed by atoms with van der Waals surface area (Å²) in [6.45, 7) is 2.72. The Labute approximate surface area is 160 Å². The minimum Gasteiger partial charge on any atom is -0.315 e. The number of nitrogens with zero attached hydrogens (tertiary/aromatic N) is 1. The lowest BCUT2D eigenvalue weighted by Crippen LogP contribution is -2.32. The van der Waals surface area contributed by atoms with Crippen LogP contribution in [0.4, 0.5) is 5.69 Å². The first-order valence-corrected chi connectivity index (χ1v) is 10.9. The van der Waals surface area contributed by atoms with Crippen molar-refractivity contribution < 1.29 is 4.57 Å². The Morgan fingerprint density at radius 2 is 1.19 bits per heavy atom. The second kappa shape index (κ2) is 7.42. The number of benzene rings is 4. The third kappa shape index (κ3) is 3.07. The van der Waals surface area contributed by atoms with Crippen molar-refractivity contribution >= 4 is 34.4 Å². The number of hydrogen-bond acceptors (Lipinski definition) is 1. The first kappa shape index (κ1) is 17.6. The van der Waals surface area contributed by atoms with E-state index in [0.717, 1.165) is 27.1 Å². The molecule has 0 atom stereocenters. The molecule has 0 heterocycles. The molecule has 0 bridgehead atoms. The van der Waals surface area contributed by atoms with Crippen LogP contribution in [-0.4, -0.2) is 6.54 Å². The van der Waals surface area contributed by atoms with Gasteiger partial charge in [0.25, 0.3) is 0 Å². The Balaban J connectivity index is 2.00. The van der Waals surface area contributed by atoms with E-state index in [2.05, 4.69) is 35.9 Å². The lowest BCUT2D eigenvalue weighted by molar-refractivity contribution is 0.584. The second-order valence-electron chi connectivity index (χ2n) is 6.46. The third-order valence-corrected chi connectivity index (χ3v) is 8.07. The van der Waals surface area contributed by atoms with E-state index < -0.39 is 7.29 Å². The molecule has 27 heavy (non-hydrogen) atoms. The van der Waals surface area contributed by atoms with Crippen molar-refractivity contribution in [1.29, 1.82) is 0 Å². The summed E-state index contributed by atoms with van der Waals surface area (Å²) in [6, 6.07) is 34.2. The summed E-state index contributed by atoms with van der Waals surface area (Å²) in [4.78, 5) is 0. The zero-order valence-corrected chi connectivity index (χ0v) is 16.2. The highest BCUT2D eigenvalue weighted by Gasteiger charge is 2.34. The highest BCUT2D eigenvalue weighted by atomic mass is 31.2. The van der Waals surface area contributed by atoms with E-state index in [1.54, 1.807) is 0 Å². The highest BCUT2D eigenvalue weighted by molar-refractivity contribution is 7.80. The molecule has 2 nitrogen and oxygen atoms in total. The molecule has 0 amide bonds. The Morgan fingerprint density at radius 3 is 1.78 bits per heavy atom. The summed E-state index contributed by atoms with van der Waals surface area (Å²) in [5, 5.41) is 3.98. The number of anilines is 1. The normalized spacial score (nSPS) is 11.4. The van der Waals surface area contributed by atoms with Crippen molar-refractivity contribution in [3.8, 4) is 0 Å². The monoisotopic (exact) mass is 371 g/mol. The predicted octanol–water partition coefficient (Wildman–Crippen LogP) is 5.60. The molecule has 134 valence electrons. The van der Waals surface area contributed by atoms with Crippen LogP contribution in [0.1, 0.15) is 6.92 Å². The van der Waals surface area contributed by atoms with Crippen LogP contribution in [-0.2, 0) is 4.57 Å². The topological polar surface area (TPSA) is 20.3 Å². The predicted molar refractivity (Wildman–Crippen MR) is 117 cm³/mol. The van der Waals surface area contributed by atoms with Gasteiger partial charge in [-0.15, -0.1) is 0 Å². The van der Waals surface area contributed by atoms with Crippen LogP contribution in [0.15, 0.2) is 103 Å². The molecule has 3 heteroatoms. The van der Waals surface area contributed by atoms with Gasteiger partial charge in [0.15, 0.2) is 0 Å². The van der Waals surface area contributed by atoms with Gasteiger partial charge in [-0.3, -0.25) is 4.57 Å². The summed E-state index contributed by atoms with van der Waals surface area (Å²) < 4.78 is 16.8. The highest BCUT2D eigenvalue weighted by Crippen LogP contribution is 2.51. The molecule has 4 aromatic carbocycles. The maximum Gasteiger partial charge on any atom is 0.229 e. The lowest BCUT2D eigenvalue weighted by Gasteiger charge is -2.34. The summed E-state index contributed by atoms with van der Waals surface area (Å²) in [5.41, 5.74) is 1.01. The summed E-state index contributed by atoms with van der Waals surface area (Å²) in [6.07, 6.45) is 0. The minimum absolute atomic E-state index is 0.648. The van der Waals surface area contributed by atoms with Gasteiger partial charge < -0.3 is 4.67 Å². The van der Waals surface area contributed by atoms with Crippen LogP contribution in [0.25, 0.3) is 10.8 Å². The minimum atomic E-state index is -3.03. The van der Waals surface area contributed by atoms with Gasteiger partial charge in [-0.2, -0.15) is 0 Å². The summed E-state index contributed by atoms with van der Waals surface area (Å²) >= 11 is 0. The standard InChI is InChI=1S/C24H22NOP/c1-2-25(24-19-11-13-20-12-9-10-18-23(20)24)27(26,21-14-5-3-6-15-21)22-16-7-4-8-17-22/h3-19H,2H2,1H3. The van der Waals surface area contributed by atoms with Gasteiger partial charge in [0, 0.05) is 22.5 Å². The van der Waals surface area contributed by atoms with Crippen molar-refractivity contribution in [2.75, 3.05) is 11.2 Å². The Bertz CT molecular complexity index is 1040. The van der Waals surface area contributed by atoms with Gasteiger partial charge in [0.05, 0.1) is 5.69 Å². The molecule has 0 unspecified atom stereocenters. The molecule has 0 saturated carbocycles. The summed E-state index contributed by atoms with van der Waals surface area (Å²) in [5.74, 6) is 0. The first-order valence-electron chi connectivity index (χ1n) is 9.22. The third-order valence-electron chi connectivity index (χ3n) is 4.90. The molecular weight excluding hydrogens is 349 g/mol. The molecule has 4 aromatic rings. The van der Waals surface area contributed by atoms with E-state index in [9.17, 15) is 4.57 Å². The molecule has 0 N–H and O–H groups in total. The zero-order valence-electron chi connectivity index (χ0n) is 15.3. The molecule has 4 rings (SSSR count). The Hall–Kier alpha value is -2.83. The molecule has 0 fully saturated rings. The largest absolute Gasteiger partial charge is 0.315 e. The fourth-order valence-corrected chi connectivity index (χ4v) is 6.53. The molecule has 0 aliphatic carbocycles. The second-order valence-corrected chi connectivity index (χ2v) is 9.13. The summed E-state index contributed by atoms with van der Waals surface area (Å²) in [7, 11) is -3.03. The smallest absolute Gasteiger partial charge is 0.229 e. The van der Waals surface area contributed by atoms with Crippen molar-refractivity contribution in [2.24, 2.45) is 0 Å². The molecular formula is C24H22NOP. The van der Waals surface area contributed by atoms with Crippen molar-refractivity contribution in [3.63, 3.8) is 0 Å². The average Bonchev–Trinajstić information content (AvgIpc) is 2.75. The molecule has 0 radical (unpaired) electrons. The van der Waals surface area contributed by atoms with E-state index in [0.29, 0.717) is 6.54 Å². The van der Waals surface area contributed by atoms with Crippen LogP contribution >= 0.6 is 7.29 Å². The van der Waals surface area contributed by atoms with Crippen molar-refractivity contribution in [2.45, 2.75) is 6.92 Å². The maximum atomic E-state index is 14.7. The van der Waals surface area contributed by atoms with E-state index in [1.165, 1.54) is 0 Å². The molecule has 0 spiro atoms. The van der Waals surface area contributed by atoms with Gasteiger partial charge in [-0.1, -0.05) is 72.8 Å². The van der Waals surface area contributed by atoms with Crippen molar-refractivity contribution in [1.82, 2.24) is 0 Å². The molecule has 0 aliphatic heterocycles. The van der Waals surface area contributed by atoms with Crippen molar-refractivity contribution in [3.05, 3.63) is 103 Å². The number of rotatable bonds is 5. The van der Waals surface area contributed by atoms with Crippen LogP contribution in [0.3, 0.4) is 0 Å². The lowest BCUT2D eigenvalue weighted by atomic mass is 10.1. The average molecular weight is 371 g/mol. The van der Waals surface area contributed by atoms with E-state index in [1.807, 2.05) is 78.9 Å². The SMILES string of the molecule is CCN(c1cccc2ccccc12)P(=O)(c1ccccc1)c1ccccc1. The Kier molecular flexibility index (Phi) is 4.83. The number of fused-ring (bicyclic) bond motifs is 1. The quantitative estimate of drug-likeness (QED) is 0.426. The fourth-order valence-electron chi connectivity index (χ4n) is 3.64. The van der Waals surface area contributed by atoms with Gasteiger partial charge in [-0.05, 0) is 42.6 Å². The zero-order chi connectivity index (χ0) is 18.7. The van der Waals surface area contributed by atoms with Crippen LogP contribution in [0.5, 0.6) is 0 Å². The molecule has 0 aromatic heterocycles. The Morgan fingerprint density at radius 1 is 0.667 bits per heavy atom. The molecule has 0 aliphatic rings. The fraction of sp³-hybridized carbons (Fsp3) is 0.0833. The van der Waals surface area contributed by atoms with Gasteiger partial charge in [0.1, 0.15) is 0 Å². The molecule has 0 saturated heterocycles. The van der Waals surface area contributed by atoms with E-state index >= 15 is 0 Å². The van der Waals surface area contributed by atoms with Crippen LogP contribution in [0.2, 0.25) is 0 Å². The van der Waals surface area contributed by atoms with Crippen LogP contribution in [0, 0.1) is 0 Å². The van der Waals surface area contributed by atoms with Gasteiger partial charge >= 0.3 is 0 Å².